The van der Waals surface area contributed by atoms with E-state index < -0.39 is 0 Å². The number of rotatable bonds is 5. The zero-order valence-corrected chi connectivity index (χ0v) is 11.0. The first kappa shape index (κ1) is 13.4. The predicted molar refractivity (Wildman–Crippen MR) is 71.6 cm³/mol. The van der Waals surface area contributed by atoms with E-state index in [9.17, 15) is 4.79 Å². The van der Waals surface area contributed by atoms with Crippen molar-refractivity contribution in [3.63, 3.8) is 0 Å². The summed E-state index contributed by atoms with van der Waals surface area (Å²) in [6.07, 6.45) is 4.60. The molecule has 5 nitrogen and oxygen atoms in total. The number of methoxy groups -OCH3 is 1. The highest BCUT2D eigenvalue weighted by Crippen LogP contribution is 2.36. The fraction of sp³-hybridized carbons (Fsp3) is 0.500. The third kappa shape index (κ3) is 3.26. The van der Waals surface area contributed by atoms with Crippen LogP contribution in [0.1, 0.15) is 47.6 Å². The molecule has 1 saturated carbocycles. The highest BCUT2D eigenvalue weighted by Gasteiger charge is 2.22. The minimum absolute atomic E-state index is 0.137. The van der Waals surface area contributed by atoms with Crippen molar-refractivity contribution in [1.29, 1.82) is 0 Å². The first-order valence-corrected chi connectivity index (χ1v) is 6.47. The second kappa shape index (κ2) is 6.25. The van der Waals surface area contributed by atoms with Crippen molar-refractivity contribution in [2.75, 3.05) is 7.11 Å². The van der Waals surface area contributed by atoms with E-state index >= 15 is 0 Å². The maximum absolute atomic E-state index is 11.3. The monoisotopic (exact) mass is 259 g/mol. The van der Waals surface area contributed by atoms with Crippen LogP contribution in [0.15, 0.2) is 29.4 Å². The summed E-state index contributed by atoms with van der Waals surface area (Å²) >= 11 is 0. The van der Waals surface area contributed by atoms with E-state index in [1.54, 1.807) is 12.1 Å². The molecule has 0 N–H and O–H groups in total. The van der Waals surface area contributed by atoms with E-state index in [0.717, 1.165) is 12.0 Å². The maximum Gasteiger partial charge on any atom is 0.337 e. The Morgan fingerprint density at radius 3 is 2.63 bits per heavy atom. The molecule has 1 aliphatic rings. The molecular formula is C14H17N3O2. The number of benzene rings is 1. The Morgan fingerprint density at radius 1 is 1.47 bits per heavy atom. The van der Waals surface area contributed by atoms with Crippen molar-refractivity contribution in [1.82, 2.24) is 0 Å². The molecule has 100 valence electrons. The number of carbonyl (C=O) groups excluding carboxylic acids is 1. The van der Waals surface area contributed by atoms with Gasteiger partial charge < -0.3 is 4.74 Å². The molecule has 5 heteroatoms. The van der Waals surface area contributed by atoms with E-state index in [0.29, 0.717) is 11.5 Å². The highest BCUT2D eigenvalue weighted by atomic mass is 16.5. The van der Waals surface area contributed by atoms with Gasteiger partial charge >= 0.3 is 5.97 Å². The molecule has 0 radical (unpaired) electrons. The summed E-state index contributed by atoms with van der Waals surface area (Å²) in [5.41, 5.74) is 10.1. The average molecular weight is 259 g/mol. The molecule has 1 atom stereocenters. The molecule has 1 unspecified atom stereocenters. The van der Waals surface area contributed by atoms with Crippen molar-refractivity contribution in [2.24, 2.45) is 11.0 Å². The minimum Gasteiger partial charge on any atom is -0.465 e. The van der Waals surface area contributed by atoms with E-state index in [1.807, 2.05) is 12.1 Å². The van der Waals surface area contributed by atoms with Crippen LogP contribution >= 0.6 is 0 Å². The Balaban J connectivity index is 2.12. The summed E-state index contributed by atoms with van der Waals surface area (Å²) in [6, 6.07) is 6.96. The van der Waals surface area contributed by atoms with Crippen LogP contribution in [0.25, 0.3) is 10.4 Å². The van der Waals surface area contributed by atoms with Gasteiger partial charge in [0.05, 0.1) is 18.7 Å². The van der Waals surface area contributed by atoms with Crippen LogP contribution in [0.4, 0.5) is 0 Å². The van der Waals surface area contributed by atoms with E-state index in [2.05, 4.69) is 14.8 Å². The molecule has 0 saturated heterocycles. The van der Waals surface area contributed by atoms with Crippen molar-refractivity contribution in [2.45, 2.75) is 31.7 Å². The molecule has 19 heavy (non-hydrogen) atoms. The molecule has 0 aliphatic heterocycles. The van der Waals surface area contributed by atoms with Gasteiger partial charge in [0.25, 0.3) is 0 Å². The molecule has 2 rings (SSSR count). The number of ether oxygens (including phenoxy) is 1. The maximum atomic E-state index is 11.3. The topological polar surface area (TPSA) is 75.1 Å². The van der Waals surface area contributed by atoms with Crippen molar-refractivity contribution >= 4 is 5.97 Å². The lowest BCUT2D eigenvalue weighted by Gasteiger charge is -2.28. The standard InChI is InChI=1S/C14H17N3O2/c1-19-14(18)12-7-5-11(6-8-12)13(16-17-15)9-10-3-2-4-10/h5-8,10,13H,2-4,9H2,1H3. The van der Waals surface area contributed by atoms with Gasteiger partial charge in [-0.15, -0.1) is 0 Å². The Hall–Kier alpha value is -2.00. The van der Waals surface area contributed by atoms with Gasteiger partial charge in [0, 0.05) is 4.91 Å². The predicted octanol–water partition coefficient (Wildman–Crippen LogP) is 4.01. The zero-order valence-electron chi connectivity index (χ0n) is 11.0. The van der Waals surface area contributed by atoms with Gasteiger partial charge in [-0.25, -0.2) is 4.79 Å². The fourth-order valence-corrected chi connectivity index (χ4v) is 2.32. The van der Waals surface area contributed by atoms with Gasteiger partial charge in [-0.2, -0.15) is 0 Å². The largest absolute Gasteiger partial charge is 0.465 e. The SMILES string of the molecule is COC(=O)c1ccc(C(CC2CCC2)N=[N+]=[N-])cc1. The second-order valence-electron chi connectivity index (χ2n) is 4.87. The molecular weight excluding hydrogens is 242 g/mol. The smallest absolute Gasteiger partial charge is 0.337 e. The number of hydrogen-bond acceptors (Lipinski definition) is 3. The van der Waals surface area contributed by atoms with Crippen LogP contribution in [0.3, 0.4) is 0 Å². The van der Waals surface area contributed by atoms with Crippen LogP contribution in [-0.4, -0.2) is 13.1 Å². The lowest BCUT2D eigenvalue weighted by atomic mass is 9.80. The van der Waals surface area contributed by atoms with Crippen molar-refractivity contribution in [3.8, 4) is 0 Å². The molecule has 0 aromatic heterocycles. The molecule has 1 fully saturated rings. The molecule has 1 aromatic carbocycles. The minimum atomic E-state index is -0.356. The van der Waals surface area contributed by atoms with Crippen molar-refractivity contribution < 1.29 is 9.53 Å². The Kier molecular flexibility index (Phi) is 4.42. The van der Waals surface area contributed by atoms with Gasteiger partial charge in [0.15, 0.2) is 0 Å². The van der Waals surface area contributed by atoms with Crippen LogP contribution < -0.4 is 0 Å². The van der Waals surface area contributed by atoms with Gasteiger partial charge in [0.2, 0.25) is 0 Å². The van der Waals surface area contributed by atoms with Gasteiger partial charge in [0.1, 0.15) is 0 Å². The van der Waals surface area contributed by atoms with E-state index in [1.165, 1.54) is 26.4 Å². The summed E-state index contributed by atoms with van der Waals surface area (Å²) in [5.74, 6) is 0.307. The average Bonchev–Trinajstić information content (AvgIpc) is 2.40. The van der Waals surface area contributed by atoms with Crippen molar-refractivity contribution in [3.05, 3.63) is 45.8 Å². The summed E-state index contributed by atoms with van der Waals surface area (Å²) in [7, 11) is 1.36. The molecule has 0 spiro atoms. The molecule has 1 aliphatic carbocycles. The Labute approximate surface area is 112 Å². The summed E-state index contributed by atoms with van der Waals surface area (Å²) in [4.78, 5) is 14.3. The molecule has 0 amide bonds. The van der Waals surface area contributed by atoms with Gasteiger partial charge in [-0.1, -0.05) is 36.5 Å². The lowest BCUT2D eigenvalue weighted by Crippen LogP contribution is -2.14. The number of carbonyl (C=O) groups is 1. The Morgan fingerprint density at radius 2 is 2.16 bits per heavy atom. The Bertz CT molecular complexity index is 488. The third-order valence-corrected chi connectivity index (χ3v) is 3.69. The van der Waals surface area contributed by atoms with E-state index in [-0.39, 0.29) is 12.0 Å². The van der Waals surface area contributed by atoms with Gasteiger partial charge in [-0.05, 0) is 35.6 Å². The number of hydrogen-bond donors (Lipinski definition) is 0. The third-order valence-electron chi connectivity index (χ3n) is 3.69. The second-order valence-corrected chi connectivity index (χ2v) is 4.87. The summed E-state index contributed by atoms with van der Waals surface area (Å²) in [5, 5.41) is 3.88. The van der Waals surface area contributed by atoms with E-state index in [4.69, 9.17) is 5.53 Å². The first-order valence-electron chi connectivity index (χ1n) is 6.47. The highest BCUT2D eigenvalue weighted by molar-refractivity contribution is 5.89. The van der Waals surface area contributed by atoms with Crippen LogP contribution in [0, 0.1) is 5.92 Å². The summed E-state index contributed by atoms with van der Waals surface area (Å²) < 4.78 is 4.65. The van der Waals surface area contributed by atoms with Gasteiger partial charge in [-0.3, -0.25) is 0 Å². The number of azide groups is 1. The molecule has 0 heterocycles. The fourth-order valence-electron chi connectivity index (χ4n) is 2.32. The number of esters is 1. The number of nitrogens with zero attached hydrogens (tertiary/aromatic N) is 3. The molecule has 1 aromatic rings. The normalized spacial score (nSPS) is 16.1. The lowest BCUT2D eigenvalue weighted by molar-refractivity contribution is 0.0600. The first-order chi connectivity index (χ1) is 9.24. The molecule has 0 bridgehead atoms. The van der Waals surface area contributed by atoms with Crippen LogP contribution in [-0.2, 0) is 4.74 Å². The van der Waals surface area contributed by atoms with Crippen LogP contribution in [0.2, 0.25) is 0 Å². The quantitative estimate of drug-likeness (QED) is 0.346. The zero-order chi connectivity index (χ0) is 13.7. The van der Waals surface area contributed by atoms with Crippen LogP contribution in [0.5, 0.6) is 0 Å². The summed E-state index contributed by atoms with van der Waals surface area (Å²) in [6.45, 7) is 0.